The van der Waals surface area contributed by atoms with Gasteiger partial charge in [0.1, 0.15) is 52.5 Å². The number of allylic oxidation sites excluding steroid dienone is 1. The first-order chi connectivity index (χ1) is 21.5. The fraction of sp³-hybridized carbons (Fsp3) is 0.303. The molecule has 5 rings (SSSR count). The first-order valence-electron chi connectivity index (χ1n) is 14.3. The molecule has 2 aromatic heterocycles. The Hall–Kier alpha value is -4.91. The summed E-state index contributed by atoms with van der Waals surface area (Å²) in [6.45, 7) is 1.62. The standard InChI is InChI=1S/C33H34N2O10/c1-3-18(14-36)32(42)44-25-12-23-29(41)28-24(40)11-22(16-38)43-31(28)27(19-5-4-6-21(39)10-19)30(23)45-33(25,2)20(15-37)9-17-7-8-26(34)35-13-17/h3-8,10-11,13,20,25,36-39,41H,9,12,14-16H2,1-2H3,(H2,34,35). The van der Waals surface area contributed by atoms with E-state index >= 15 is 0 Å². The molecule has 7 N–H and O–H groups in total. The lowest BCUT2D eigenvalue weighted by molar-refractivity contribution is -0.167. The minimum absolute atomic E-state index is 0.00760. The van der Waals surface area contributed by atoms with Gasteiger partial charge in [0, 0.05) is 30.2 Å². The largest absolute Gasteiger partial charge is 0.508 e. The Morgan fingerprint density at radius 3 is 2.60 bits per heavy atom. The first-order valence-corrected chi connectivity index (χ1v) is 14.3. The summed E-state index contributed by atoms with van der Waals surface area (Å²) in [4.78, 5) is 30.5. The number of phenolic OH excluding ortho intramolecular Hbond substituents is 2. The van der Waals surface area contributed by atoms with E-state index in [4.69, 9.17) is 19.6 Å². The molecule has 236 valence electrons. The summed E-state index contributed by atoms with van der Waals surface area (Å²) in [7, 11) is 0. The van der Waals surface area contributed by atoms with Gasteiger partial charge in [-0.2, -0.15) is 0 Å². The fourth-order valence-corrected chi connectivity index (χ4v) is 5.70. The zero-order valence-electron chi connectivity index (χ0n) is 24.7. The van der Waals surface area contributed by atoms with Crippen LogP contribution in [0.1, 0.15) is 30.7 Å². The number of carbonyl (C=O) groups excluding carboxylic acids is 1. The second-order valence-electron chi connectivity index (χ2n) is 11.1. The van der Waals surface area contributed by atoms with E-state index in [1.807, 2.05) is 0 Å². The number of phenols is 2. The highest BCUT2D eigenvalue weighted by atomic mass is 16.6. The molecule has 0 saturated carbocycles. The van der Waals surface area contributed by atoms with Crippen molar-refractivity contribution >= 4 is 22.8 Å². The van der Waals surface area contributed by atoms with E-state index in [-0.39, 0.29) is 57.8 Å². The van der Waals surface area contributed by atoms with Gasteiger partial charge >= 0.3 is 5.97 Å². The number of nitrogens with two attached hydrogens (primary N) is 1. The van der Waals surface area contributed by atoms with Crippen molar-refractivity contribution in [2.45, 2.75) is 45.0 Å². The molecule has 0 aliphatic carbocycles. The number of nitrogens with zero attached hydrogens (tertiary/aromatic N) is 1. The number of fused-ring (bicyclic) bond motifs is 2. The number of nitrogen functional groups attached to an aromatic ring is 1. The molecule has 0 bridgehead atoms. The molecule has 0 amide bonds. The van der Waals surface area contributed by atoms with Gasteiger partial charge in [0.05, 0.1) is 24.4 Å². The Balaban J connectivity index is 1.78. The summed E-state index contributed by atoms with van der Waals surface area (Å²) in [5.41, 5.74) is 4.95. The Labute approximate surface area is 257 Å². The van der Waals surface area contributed by atoms with Gasteiger partial charge in [-0.15, -0.1) is 0 Å². The van der Waals surface area contributed by atoms with Crippen molar-refractivity contribution in [2.24, 2.45) is 5.92 Å². The fourth-order valence-electron chi connectivity index (χ4n) is 5.70. The zero-order valence-corrected chi connectivity index (χ0v) is 24.7. The number of carbonyl (C=O) groups is 1. The minimum atomic E-state index is -1.48. The third-order valence-electron chi connectivity index (χ3n) is 8.28. The highest BCUT2D eigenvalue weighted by molar-refractivity contribution is 6.01. The highest BCUT2D eigenvalue weighted by Gasteiger charge is 2.51. The molecule has 0 radical (unpaired) electrons. The normalized spacial score (nSPS) is 18.7. The Kier molecular flexibility index (Phi) is 8.82. The first kappa shape index (κ1) is 31.5. The number of aromatic hydroxyl groups is 2. The van der Waals surface area contributed by atoms with Crippen LogP contribution in [0.25, 0.3) is 22.1 Å². The quantitative estimate of drug-likeness (QED) is 0.118. The Morgan fingerprint density at radius 2 is 1.98 bits per heavy atom. The molecular weight excluding hydrogens is 584 g/mol. The average Bonchev–Trinajstić information content (AvgIpc) is 3.02. The van der Waals surface area contributed by atoms with Gasteiger partial charge in [-0.05, 0) is 49.6 Å². The molecule has 0 saturated heterocycles. The van der Waals surface area contributed by atoms with Crippen molar-refractivity contribution < 1.29 is 44.2 Å². The molecule has 2 aromatic carbocycles. The molecule has 1 aliphatic heterocycles. The lowest BCUT2D eigenvalue weighted by Gasteiger charge is -2.46. The maximum absolute atomic E-state index is 13.3. The molecule has 12 heteroatoms. The lowest BCUT2D eigenvalue weighted by Crippen LogP contribution is -2.57. The van der Waals surface area contributed by atoms with Crippen molar-refractivity contribution in [3.05, 3.63) is 87.4 Å². The monoisotopic (exact) mass is 618 g/mol. The average molecular weight is 619 g/mol. The second kappa shape index (κ2) is 12.6. The van der Waals surface area contributed by atoms with Crippen LogP contribution in [0.2, 0.25) is 0 Å². The predicted molar refractivity (Wildman–Crippen MR) is 164 cm³/mol. The van der Waals surface area contributed by atoms with Crippen LogP contribution >= 0.6 is 0 Å². The number of anilines is 1. The molecule has 12 nitrogen and oxygen atoms in total. The van der Waals surface area contributed by atoms with Gasteiger partial charge < -0.3 is 45.2 Å². The molecule has 3 atom stereocenters. The number of benzene rings is 2. The van der Waals surface area contributed by atoms with Gasteiger partial charge in [0.25, 0.3) is 0 Å². The van der Waals surface area contributed by atoms with Crippen molar-refractivity contribution in [1.82, 2.24) is 4.98 Å². The van der Waals surface area contributed by atoms with Gasteiger partial charge in [-0.25, -0.2) is 9.78 Å². The van der Waals surface area contributed by atoms with Crippen LogP contribution in [-0.4, -0.2) is 61.4 Å². The molecule has 3 unspecified atom stereocenters. The number of esters is 1. The lowest BCUT2D eigenvalue weighted by atomic mass is 9.76. The summed E-state index contributed by atoms with van der Waals surface area (Å²) < 4.78 is 18.6. The van der Waals surface area contributed by atoms with Crippen LogP contribution in [0, 0.1) is 5.92 Å². The van der Waals surface area contributed by atoms with Crippen molar-refractivity contribution in [3.63, 3.8) is 0 Å². The number of rotatable bonds is 9. The Morgan fingerprint density at radius 1 is 1.20 bits per heavy atom. The van der Waals surface area contributed by atoms with E-state index in [0.29, 0.717) is 16.9 Å². The maximum atomic E-state index is 13.3. The van der Waals surface area contributed by atoms with Crippen LogP contribution in [0.5, 0.6) is 17.2 Å². The summed E-state index contributed by atoms with van der Waals surface area (Å²) in [5.74, 6) is -1.81. The van der Waals surface area contributed by atoms with E-state index in [9.17, 15) is 35.1 Å². The number of pyridine rings is 1. The number of aromatic nitrogens is 1. The summed E-state index contributed by atoms with van der Waals surface area (Å²) in [5, 5.41) is 52.0. The van der Waals surface area contributed by atoms with Crippen LogP contribution in [0.4, 0.5) is 5.82 Å². The molecule has 3 heterocycles. The van der Waals surface area contributed by atoms with E-state index in [1.165, 1.54) is 18.2 Å². The summed E-state index contributed by atoms with van der Waals surface area (Å²) in [6, 6.07) is 10.5. The zero-order chi connectivity index (χ0) is 32.5. The molecule has 0 spiro atoms. The van der Waals surface area contributed by atoms with Crippen LogP contribution in [0.3, 0.4) is 0 Å². The van der Waals surface area contributed by atoms with Crippen molar-refractivity contribution in [2.75, 3.05) is 18.9 Å². The SMILES string of the molecule is CC=C(CO)C(=O)OC1Cc2c(c(-c3cccc(O)c3)c3oc(CO)cc(=O)c3c2O)OC1(C)C(CO)Cc1ccc(N)nc1. The molecule has 0 fully saturated rings. The van der Waals surface area contributed by atoms with E-state index in [2.05, 4.69) is 4.98 Å². The summed E-state index contributed by atoms with van der Waals surface area (Å²) in [6.07, 6.45) is 1.89. The van der Waals surface area contributed by atoms with Gasteiger partial charge in [0.15, 0.2) is 11.0 Å². The van der Waals surface area contributed by atoms with Crippen molar-refractivity contribution in [3.8, 4) is 28.4 Å². The molecule has 1 aliphatic rings. The van der Waals surface area contributed by atoms with Crippen LogP contribution < -0.4 is 15.9 Å². The van der Waals surface area contributed by atoms with E-state index in [0.717, 1.165) is 6.07 Å². The summed E-state index contributed by atoms with van der Waals surface area (Å²) >= 11 is 0. The minimum Gasteiger partial charge on any atom is -0.508 e. The smallest absolute Gasteiger partial charge is 0.336 e. The third kappa shape index (κ3) is 5.82. The van der Waals surface area contributed by atoms with Gasteiger partial charge in [-0.3, -0.25) is 4.79 Å². The molecule has 4 aromatic rings. The number of ether oxygens (including phenoxy) is 2. The molecule has 45 heavy (non-hydrogen) atoms. The number of aliphatic hydroxyl groups excluding tert-OH is 3. The van der Waals surface area contributed by atoms with Crippen molar-refractivity contribution in [1.29, 1.82) is 0 Å². The topological polar surface area (TPSA) is 206 Å². The third-order valence-corrected chi connectivity index (χ3v) is 8.28. The van der Waals surface area contributed by atoms with Crippen LogP contribution in [-0.2, 0) is 29.0 Å². The van der Waals surface area contributed by atoms with Gasteiger partial charge in [0.2, 0.25) is 0 Å². The number of hydrogen-bond acceptors (Lipinski definition) is 12. The highest BCUT2D eigenvalue weighted by Crippen LogP contribution is 2.52. The van der Waals surface area contributed by atoms with E-state index in [1.54, 1.807) is 44.3 Å². The van der Waals surface area contributed by atoms with E-state index < -0.39 is 54.6 Å². The van der Waals surface area contributed by atoms with Crippen LogP contribution in [0.15, 0.2) is 69.5 Å². The number of hydrogen-bond donors (Lipinski definition) is 6. The predicted octanol–water partition coefficient (Wildman–Crippen LogP) is 2.74. The number of aliphatic hydroxyl groups is 3. The maximum Gasteiger partial charge on any atom is 0.336 e. The molecular formula is C33H34N2O10. The Bertz CT molecular complexity index is 1830. The van der Waals surface area contributed by atoms with Gasteiger partial charge in [-0.1, -0.05) is 24.3 Å². The second-order valence-corrected chi connectivity index (χ2v) is 11.1.